The number of fused-ring (bicyclic) bond motifs is 1. The van der Waals surface area contributed by atoms with E-state index >= 15 is 0 Å². The summed E-state index contributed by atoms with van der Waals surface area (Å²) in [6, 6.07) is 6.28. The maximum Gasteiger partial charge on any atom is 0.224 e. The zero-order chi connectivity index (χ0) is 17.1. The lowest BCUT2D eigenvalue weighted by Gasteiger charge is -2.28. The van der Waals surface area contributed by atoms with E-state index in [-0.39, 0.29) is 11.9 Å². The molecule has 7 heteroatoms. The highest BCUT2D eigenvalue weighted by Crippen LogP contribution is 2.14. The van der Waals surface area contributed by atoms with Gasteiger partial charge in [0.25, 0.3) is 0 Å². The largest absolute Gasteiger partial charge is 0.379 e. The van der Waals surface area contributed by atoms with Crippen molar-refractivity contribution in [1.29, 1.82) is 0 Å². The van der Waals surface area contributed by atoms with Crippen LogP contribution in [0.5, 0.6) is 0 Å². The van der Waals surface area contributed by atoms with Gasteiger partial charge in [0.05, 0.1) is 24.9 Å². The van der Waals surface area contributed by atoms with Crippen LogP contribution in [0.2, 0.25) is 0 Å². The second-order valence-corrected chi connectivity index (χ2v) is 6.78. The number of aromatic nitrogens is 2. The number of rotatable bonds is 6. The number of hydrogen-bond donors (Lipinski definition) is 1. The van der Waals surface area contributed by atoms with Gasteiger partial charge in [0, 0.05) is 63.5 Å². The summed E-state index contributed by atoms with van der Waals surface area (Å²) >= 11 is 0. The first-order chi connectivity index (χ1) is 12.3. The molecule has 7 nitrogen and oxygen atoms in total. The molecule has 4 rings (SSSR count). The van der Waals surface area contributed by atoms with Gasteiger partial charge in [-0.2, -0.15) is 5.10 Å². The molecule has 134 valence electrons. The van der Waals surface area contributed by atoms with Crippen LogP contribution in [0.3, 0.4) is 0 Å². The zero-order valence-corrected chi connectivity index (χ0v) is 14.4. The van der Waals surface area contributed by atoms with Gasteiger partial charge in [0.15, 0.2) is 0 Å². The van der Waals surface area contributed by atoms with Crippen molar-refractivity contribution < 1.29 is 9.53 Å². The van der Waals surface area contributed by atoms with Crippen LogP contribution in [0.25, 0.3) is 5.52 Å². The van der Waals surface area contributed by atoms with Crippen molar-refractivity contribution in [2.24, 2.45) is 0 Å². The Kier molecular flexibility index (Phi) is 4.96. The fraction of sp³-hybridized carbons (Fsp3) is 0.556. The molecule has 0 unspecified atom stereocenters. The average molecular weight is 343 g/mol. The van der Waals surface area contributed by atoms with E-state index in [4.69, 9.17) is 4.74 Å². The second kappa shape index (κ2) is 7.51. The normalized spacial score (nSPS) is 22.2. The van der Waals surface area contributed by atoms with Crippen LogP contribution < -0.4 is 5.32 Å². The van der Waals surface area contributed by atoms with Crippen LogP contribution >= 0.6 is 0 Å². The molecule has 2 aromatic rings. The topological polar surface area (TPSA) is 62.1 Å². The molecule has 4 heterocycles. The monoisotopic (exact) mass is 343 g/mol. The lowest BCUT2D eigenvalue weighted by molar-refractivity contribution is -0.128. The summed E-state index contributed by atoms with van der Waals surface area (Å²) in [4.78, 5) is 16.6. The highest BCUT2D eigenvalue weighted by Gasteiger charge is 2.29. The number of morpholine rings is 1. The minimum Gasteiger partial charge on any atom is -0.379 e. The standard InChI is InChI=1S/C18H25N5O2/c24-18-11-16(14-22(18)6-5-21-7-9-25-10-8-21)19-12-15-13-20-23-4-2-1-3-17(15)23/h1-4,13,16,19H,5-12,14H2/t16-/m0/s1. The number of carbonyl (C=O) groups excluding carboxylic acids is 1. The first kappa shape index (κ1) is 16.5. The summed E-state index contributed by atoms with van der Waals surface area (Å²) in [5.41, 5.74) is 2.28. The number of ether oxygens (including phenoxy) is 1. The van der Waals surface area contributed by atoms with E-state index in [1.165, 1.54) is 5.56 Å². The summed E-state index contributed by atoms with van der Waals surface area (Å²) in [5.74, 6) is 0.255. The molecule has 1 atom stereocenters. The Labute approximate surface area is 147 Å². The third-order valence-electron chi connectivity index (χ3n) is 5.09. The van der Waals surface area contributed by atoms with Gasteiger partial charge < -0.3 is 15.0 Å². The van der Waals surface area contributed by atoms with Gasteiger partial charge in [-0.25, -0.2) is 4.52 Å². The van der Waals surface area contributed by atoms with Gasteiger partial charge in [-0.3, -0.25) is 9.69 Å². The number of hydrogen-bond acceptors (Lipinski definition) is 5. The van der Waals surface area contributed by atoms with Crippen molar-refractivity contribution in [1.82, 2.24) is 24.7 Å². The molecule has 0 spiro atoms. The number of likely N-dealkylation sites (tertiary alicyclic amines) is 1. The summed E-state index contributed by atoms with van der Waals surface area (Å²) in [5, 5.41) is 7.88. The Morgan fingerprint density at radius 2 is 2.12 bits per heavy atom. The SMILES string of the molecule is O=C1C[C@H](NCc2cnn3ccccc23)CN1CCN1CCOCC1. The van der Waals surface area contributed by atoms with Crippen molar-refractivity contribution in [2.45, 2.75) is 19.0 Å². The van der Waals surface area contributed by atoms with Gasteiger partial charge in [0.2, 0.25) is 5.91 Å². The Hall–Kier alpha value is -1.96. The van der Waals surface area contributed by atoms with Crippen LogP contribution in [0.4, 0.5) is 0 Å². The van der Waals surface area contributed by atoms with E-state index in [1.807, 2.05) is 33.9 Å². The Morgan fingerprint density at radius 3 is 3.00 bits per heavy atom. The molecule has 0 bridgehead atoms. The summed E-state index contributed by atoms with van der Waals surface area (Å²) in [7, 11) is 0. The van der Waals surface area contributed by atoms with Crippen molar-refractivity contribution in [3.8, 4) is 0 Å². The van der Waals surface area contributed by atoms with Gasteiger partial charge in [0.1, 0.15) is 0 Å². The van der Waals surface area contributed by atoms with Crippen molar-refractivity contribution in [3.05, 3.63) is 36.2 Å². The van der Waals surface area contributed by atoms with Gasteiger partial charge >= 0.3 is 0 Å². The zero-order valence-electron chi connectivity index (χ0n) is 14.4. The Bertz CT molecular complexity index is 725. The molecule has 2 aliphatic rings. The minimum atomic E-state index is 0.218. The van der Waals surface area contributed by atoms with Gasteiger partial charge in [-0.15, -0.1) is 0 Å². The minimum absolute atomic E-state index is 0.218. The van der Waals surface area contributed by atoms with Crippen molar-refractivity contribution in [3.63, 3.8) is 0 Å². The van der Waals surface area contributed by atoms with E-state index in [1.54, 1.807) is 0 Å². The second-order valence-electron chi connectivity index (χ2n) is 6.78. The highest BCUT2D eigenvalue weighted by atomic mass is 16.5. The fourth-order valence-corrected chi connectivity index (χ4v) is 3.59. The predicted octanol–water partition coefficient (Wildman–Crippen LogP) is 0.357. The summed E-state index contributed by atoms with van der Waals surface area (Å²) in [6.45, 7) is 6.83. The predicted molar refractivity (Wildman–Crippen MR) is 94.3 cm³/mol. The number of nitrogens with one attached hydrogen (secondary N) is 1. The molecule has 2 fully saturated rings. The molecular formula is C18H25N5O2. The van der Waals surface area contributed by atoms with E-state index in [2.05, 4.69) is 21.4 Å². The molecule has 2 aliphatic heterocycles. The van der Waals surface area contributed by atoms with Crippen LogP contribution in [-0.4, -0.2) is 77.3 Å². The quantitative estimate of drug-likeness (QED) is 0.820. The molecule has 0 radical (unpaired) electrons. The molecule has 0 saturated carbocycles. The molecule has 25 heavy (non-hydrogen) atoms. The van der Waals surface area contributed by atoms with E-state index in [0.717, 1.165) is 58.0 Å². The van der Waals surface area contributed by atoms with Crippen LogP contribution in [0.15, 0.2) is 30.6 Å². The lowest BCUT2D eigenvalue weighted by Crippen LogP contribution is -2.42. The third-order valence-corrected chi connectivity index (χ3v) is 5.09. The number of pyridine rings is 1. The number of nitrogens with zero attached hydrogens (tertiary/aromatic N) is 4. The molecule has 2 saturated heterocycles. The number of amides is 1. The molecule has 1 N–H and O–H groups in total. The molecular weight excluding hydrogens is 318 g/mol. The van der Waals surface area contributed by atoms with E-state index < -0.39 is 0 Å². The maximum absolute atomic E-state index is 12.3. The Balaban J connectivity index is 1.27. The fourth-order valence-electron chi connectivity index (χ4n) is 3.59. The lowest BCUT2D eigenvalue weighted by atomic mass is 10.2. The molecule has 1 amide bonds. The average Bonchev–Trinajstić information content (AvgIpc) is 3.22. The van der Waals surface area contributed by atoms with Crippen molar-refractivity contribution >= 4 is 11.4 Å². The van der Waals surface area contributed by atoms with Crippen LogP contribution in [0, 0.1) is 0 Å². The first-order valence-corrected chi connectivity index (χ1v) is 9.02. The smallest absolute Gasteiger partial charge is 0.224 e. The summed E-state index contributed by atoms with van der Waals surface area (Å²) in [6.07, 6.45) is 4.43. The molecule has 0 aliphatic carbocycles. The summed E-state index contributed by atoms with van der Waals surface area (Å²) < 4.78 is 7.25. The molecule has 0 aromatic carbocycles. The highest BCUT2D eigenvalue weighted by molar-refractivity contribution is 5.79. The first-order valence-electron chi connectivity index (χ1n) is 9.02. The molecule has 2 aromatic heterocycles. The van der Waals surface area contributed by atoms with Crippen LogP contribution in [0.1, 0.15) is 12.0 Å². The third kappa shape index (κ3) is 3.84. The van der Waals surface area contributed by atoms with E-state index in [0.29, 0.717) is 6.42 Å². The van der Waals surface area contributed by atoms with Crippen LogP contribution in [-0.2, 0) is 16.1 Å². The maximum atomic E-state index is 12.3. The van der Waals surface area contributed by atoms with E-state index in [9.17, 15) is 4.79 Å². The van der Waals surface area contributed by atoms with Crippen molar-refractivity contribution in [2.75, 3.05) is 45.9 Å². The number of carbonyl (C=O) groups is 1. The Morgan fingerprint density at radius 1 is 1.24 bits per heavy atom. The van der Waals surface area contributed by atoms with Gasteiger partial charge in [-0.05, 0) is 12.1 Å². The van der Waals surface area contributed by atoms with Gasteiger partial charge in [-0.1, -0.05) is 6.07 Å².